The molecule has 0 saturated heterocycles. The summed E-state index contributed by atoms with van der Waals surface area (Å²) in [5, 5.41) is 5.57. The average molecular weight is 323 g/mol. The van der Waals surface area contributed by atoms with Crippen LogP contribution in [0.1, 0.15) is 18.4 Å². The third-order valence-corrected chi connectivity index (χ3v) is 3.29. The number of carbonyl (C=O) groups excluding carboxylic acids is 2. The van der Waals surface area contributed by atoms with Gasteiger partial charge >= 0.3 is 0 Å². The minimum atomic E-state index is -0.262. The van der Waals surface area contributed by atoms with Gasteiger partial charge in [-0.15, -0.1) is 0 Å². The Morgan fingerprint density at radius 1 is 0.917 bits per heavy atom. The number of para-hydroxylation sites is 2. The van der Waals surface area contributed by atoms with E-state index in [1.165, 1.54) is 6.08 Å². The highest BCUT2D eigenvalue weighted by molar-refractivity contribution is 6.05. The van der Waals surface area contributed by atoms with Gasteiger partial charge in [0, 0.05) is 12.5 Å². The van der Waals surface area contributed by atoms with E-state index < -0.39 is 0 Å². The van der Waals surface area contributed by atoms with Crippen LogP contribution >= 0.6 is 0 Å². The fourth-order valence-corrected chi connectivity index (χ4v) is 2.09. The molecule has 24 heavy (non-hydrogen) atoms. The number of hydrogen-bond donors (Lipinski definition) is 3. The Balaban J connectivity index is 2.00. The Hall–Kier alpha value is -2.92. The lowest BCUT2D eigenvalue weighted by molar-refractivity contribution is -0.116. The molecule has 0 heterocycles. The largest absolute Gasteiger partial charge is 0.330 e. The number of amides is 2. The van der Waals surface area contributed by atoms with Gasteiger partial charge in [0.15, 0.2) is 0 Å². The quantitative estimate of drug-likeness (QED) is 0.685. The van der Waals surface area contributed by atoms with E-state index in [9.17, 15) is 9.59 Å². The third kappa shape index (κ3) is 5.70. The second-order valence-electron chi connectivity index (χ2n) is 5.22. The summed E-state index contributed by atoms with van der Waals surface area (Å²) in [6.45, 7) is 0.468. The van der Waals surface area contributed by atoms with Crippen LogP contribution in [0.2, 0.25) is 0 Å². The zero-order valence-electron chi connectivity index (χ0n) is 13.4. The van der Waals surface area contributed by atoms with Crippen LogP contribution in [-0.4, -0.2) is 18.4 Å². The Morgan fingerprint density at radius 3 is 2.21 bits per heavy atom. The highest BCUT2D eigenvalue weighted by Crippen LogP contribution is 2.21. The second-order valence-corrected chi connectivity index (χ2v) is 5.22. The van der Waals surface area contributed by atoms with E-state index in [2.05, 4.69) is 10.6 Å². The molecule has 0 saturated carbocycles. The van der Waals surface area contributed by atoms with Crippen LogP contribution in [0.15, 0.2) is 60.7 Å². The van der Waals surface area contributed by atoms with Gasteiger partial charge < -0.3 is 16.4 Å². The first-order valence-electron chi connectivity index (χ1n) is 7.82. The summed E-state index contributed by atoms with van der Waals surface area (Å²) in [6, 6.07) is 16.6. The van der Waals surface area contributed by atoms with Crippen molar-refractivity contribution in [1.29, 1.82) is 0 Å². The van der Waals surface area contributed by atoms with Crippen LogP contribution in [0.3, 0.4) is 0 Å². The molecule has 2 aromatic carbocycles. The maximum atomic E-state index is 12.1. The number of hydrogen-bond acceptors (Lipinski definition) is 3. The first kappa shape index (κ1) is 17.4. The molecular weight excluding hydrogens is 302 g/mol. The molecule has 5 heteroatoms. The van der Waals surface area contributed by atoms with Gasteiger partial charge in [-0.25, -0.2) is 0 Å². The Bertz CT molecular complexity index is 712. The van der Waals surface area contributed by atoms with Crippen molar-refractivity contribution in [3.05, 3.63) is 66.2 Å². The molecule has 0 aliphatic heterocycles. The number of carbonyl (C=O) groups is 2. The first-order valence-corrected chi connectivity index (χ1v) is 7.82. The summed E-state index contributed by atoms with van der Waals surface area (Å²) in [5.41, 5.74) is 7.47. The van der Waals surface area contributed by atoms with Crippen LogP contribution in [0.4, 0.5) is 11.4 Å². The van der Waals surface area contributed by atoms with E-state index in [0.29, 0.717) is 30.8 Å². The van der Waals surface area contributed by atoms with Crippen molar-refractivity contribution in [2.45, 2.75) is 12.8 Å². The second kappa shape index (κ2) is 9.27. The van der Waals surface area contributed by atoms with E-state index in [1.54, 1.807) is 30.3 Å². The van der Waals surface area contributed by atoms with Crippen molar-refractivity contribution in [2.24, 2.45) is 5.73 Å². The van der Waals surface area contributed by atoms with E-state index in [4.69, 9.17) is 5.73 Å². The molecule has 5 nitrogen and oxygen atoms in total. The summed E-state index contributed by atoms with van der Waals surface area (Å²) < 4.78 is 0. The van der Waals surface area contributed by atoms with E-state index in [0.717, 1.165) is 5.56 Å². The number of nitrogens with one attached hydrogen (secondary N) is 2. The van der Waals surface area contributed by atoms with Gasteiger partial charge in [0.05, 0.1) is 11.4 Å². The normalized spacial score (nSPS) is 10.5. The van der Waals surface area contributed by atoms with Crippen molar-refractivity contribution in [2.75, 3.05) is 17.2 Å². The Kier molecular flexibility index (Phi) is 6.73. The SMILES string of the molecule is NCCCC(=O)Nc1ccccc1NC(=O)/C=C/c1ccccc1. The Morgan fingerprint density at radius 2 is 1.54 bits per heavy atom. The summed E-state index contributed by atoms with van der Waals surface area (Å²) in [5.74, 6) is -0.385. The van der Waals surface area contributed by atoms with Gasteiger partial charge in [0.2, 0.25) is 11.8 Å². The molecule has 0 spiro atoms. The molecule has 0 bridgehead atoms. The highest BCUT2D eigenvalue weighted by Gasteiger charge is 2.07. The van der Waals surface area contributed by atoms with Gasteiger partial charge in [-0.05, 0) is 36.7 Å². The van der Waals surface area contributed by atoms with Crippen LogP contribution in [0, 0.1) is 0 Å². The van der Waals surface area contributed by atoms with Gasteiger partial charge in [-0.3, -0.25) is 9.59 Å². The number of anilines is 2. The maximum Gasteiger partial charge on any atom is 0.248 e. The van der Waals surface area contributed by atoms with Crippen molar-refractivity contribution in [3.63, 3.8) is 0 Å². The molecule has 0 aliphatic rings. The number of benzene rings is 2. The molecule has 124 valence electrons. The summed E-state index contributed by atoms with van der Waals surface area (Å²) >= 11 is 0. The average Bonchev–Trinajstić information content (AvgIpc) is 2.61. The van der Waals surface area contributed by atoms with Crippen molar-refractivity contribution in [1.82, 2.24) is 0 Å². The summed E-state index contributed by atoms with van der Waals surface area (Å²) in [4.78, 5) is 23.9. The Labute approximate surface area is 141 Å². The van der Waals surface area contributed by atoms with E-state index >= 15 is 0 Å². The summed E-state index contributed by atoms with van der Waals surface area (Å²) in [7, 11) is 0. The fourth-order valence-electron chi connectivity index (χ4n) is 2.09. The van der Waals surface area contributed by atoms with Crippen molar-refractivity contribution >= 4 is 29.3 Å². The maximum absolute atomic E-state index is 12.1. The lowest BCUT2D eigenvalue weighted by Gasteiger charge is -2.11. The van der Waals surface area contributed by atoms with Gasteiger partial charge in [-0.1, -0.05) is 42.5 Å². The number of nitrogens with two attached hydrogens (primary N) is 1. The number of rotatable bonds is 7. The zero-order chi connectivity index (χ0) is 17.2. The summed E-state index contributed by atoms with van der Waals surface area (Å²) in [6.07, 6.45) is 4.17. The lowest BCUT2D eigenvalue weighted by Crippen LogP contribution is -2.16. The third-order valence-electron chi connectivity index (χ3n) is 3.29. The molecular formula is C19H21N3O2. The van der Waals surface area contributed by atoms with Crippen LogP contribution in [0.25, 0.3) is 6.08 Å². The molecule has 2 amide bonds. The minimum Gasteiger partial charge on any atom is -0.330 e. The van der Waals surface area contributed by atoms with Crippen molar-refractivity contribution in [3.8, 4) is 0 Å². The van der Waals surface area contributed by atoms with Gasteiger partial charge in [0.1, 0.15) is 0 Å². The molecule has 0 radical (unpaired) electrons. The van der Waals surface area contributed by atoms with Crippen LogP contribution < -0.4 is 16.4 Å². The first-order chi connectivity index (χ1) is 11.7. The zero-order valence-corrected chi connectivity index (χ0v) is 13.4. The fraction of sp³-hybridized carbons (Fsp3) is 0.158. The lowest BCUT2D eigenvalue weighted by atomic mass is 10.2. The molecule has 0 unspecified atom stereocenters. The smallest absolute Gasteiger partial charge is 0.248 e. The molecule has 0 aliphatic carbocycles. The topological polar surface area (TPSA) is 84.2 Å². The van der Waals surface area contributed by atoms with Gasteiger partial charge in [-0.2, -0.15) is 0 Å². The van der Waals surface area contributed by atoms with Gasteiger partial charge in [0.25, 0.3) is 0 Å². The standard InChI is InChI=1S/C19H21N3O2/c20-14-6-11-18(23)21-16-9-4-5-10-17(16)22-19(24)13-12-15-7-2-1-3-8-15/h1-5,7-10,12-13H,6,11,14,20H2,(H,21,23)(H,22,24)/b13-12+. The predicted molar refractivity (Wildman–Crippen MR) is 97.5 cm³/mol. The van der Waals surface area contributed by atoms with Crippen LogP contribution in [-0.2, 0) is 9.59 Å². The minimum absolute atomic E-state index is 0.123. The molecule has 2 rings (SSSR count). The molecule has 0 aromatic heterocycles. The molecule has 2 aromatic rings. The van der Waals surface area contributed by atoms with Crippen molar-refractivity contribution < 1.29 is 9.59 Å². The van der Waals surface area contributed by atoms with Crippen LogP contribution in [0.5, 0.6) is 0 Å². The predicted octanol–water partition coefficient (Wildman–Crippen LogP) is 3.02. The molecule has 0 fully saturated rings. The monoisotopic (exact) mass is 323 g/mol. The van der Waals surface area contributed by atoms with E-state index in [1.807, 2.05) is 30.3 Å². The molecule has 4 N–H and O–H groups in total. The van der Waals surface area contributed by atoms with E-state index in [-0.39, 0.29) is 11.8 Å². The molecule has 0 atom stereocenters. The highest BCUT2D eigenvalue weighted by atomic mass is 16.2.